The molecule has 3 aromatic carbocycles. The summed E-state index contributed by atoms with van der Waals surface area (Å²) in [6.07, 6.45) is 0. The second-order valence-electron chi connectivity index (χ2n) is 7.43. The van der Waals surface area contributed by atoms with Crippen molar-refractivity contribution in [2.24, 2.45) is 0 Å². The number of sulfonamides is 1. The zero-order valence-electron chi connectivity index (χ0n) is 17.6. The predicted molar refractivity (Wildman–Crippen MR) is 121 cm³/mol. The van der Waals surface area contributed by atoms with E-state index in [2.05, 4.69) is 5.32 Å². The van der Waals surface area contributed by atoms with Gasteiger partial charge in [-0.25, -0.2) is 8.42 Å². The molecule has 3 rings (SSSR count). The number of rotatable bonds is 6. The molecule has 5 nitrogen and oxygen atoms in total. The number of nitrogens with one attached hydrogen (secondary N) is 1. The van der Waals surface area contributed by atoms with Crippen LogP contribution in [0.2, 0.25) is 0 Å². The van der Waals surface area contributed by atoms with Crippen LogP contribution in [0.3, 0.4) is 0 Å². The Kier molecular flexibility index (Phi) is 6.27. The van der Waals surface area contributed by atoms with Gasteiger partial charge in [0.05, 0.1) is 10.6 Å². The molecule has 6 heteroatoms. The summed E-state index contributed by atoms with van der Waals surface area (Å²) in [5, 5.41) is 2.89. The van der Waals surface area contributed by atoms with E-state index in [1.165, 1.54) is 16.4 Å². The van der Waals surface area contributed by atoms with E-state index in [0.29, 0.717) is 11.4 Å². The van der Waals surface area contributed by atoms with Crippen molar-refractivity contribution in [2.45, 2.75) is 32.6 Å². The van der Waals surface area contributed by atoms with E-state index in [1.807, 2.05) is 58.0 Å². The molecule has 0 unspecified atom stereocenters. The lowest BCUT2D eigenvalue weighted by molar-refractivity contribution is -0.114. The predicted octanol–water partition coefficient (Wildman–Crippen LogP) is 4.75. The lowest BCUT2D eigenvalue weighted by Crippen LogP contribution is -2.38. The minimum Gasteiger partial charge on any atom is -0.324 e. The molecule has 1 amide bonds. The van der Waals surface area contributed by atoms with Crippen LogP contribution in [-0.2, 0) is 14.8 Å². The van der Waals surface area contributed by atoms with Crippen LogP contribution in [0.15, 0.2) is 71.6 Å². The first-order valence-corrected chi connectivity index (χ1v) is 11.2. The van der Waals surface area contributed by atoms with Crippen molar-refractivity contribution in [3.63, 3.8) is 0 Å². The molecule has 0 saturated carbocycles. The monoisotopic (exact) mass is 422 g/mol. The van der Waals surface area contributed by atoms with Crippen molar-refractivity contribution in [2.75, 3.05) is 16.2 Å². The number of hydrogen-bond donors (Lipinski definition) is 1. The number of carbonyl (C=O) groups is 1. The Bertz CT molecular complexity index is 1150. The third-order valence-electron chi connectivity index (χ3n) is 4.98. The third-order valence-corrected chi connectivity index (χ3v) is 6.76. The first-order chi connectivity index (χ1) is 14.2. The van der Waals surface area contributed by atoms with Crippen LogP contribution in [0.4, 0.5) is 11.4 Å². The van der Waals surface area contributed by atoms with Gasteiger partial charge in [-0.15, -0.1) is 0 Å². The Balaban J connectivity index is 2.01. The molecule has 0 heterocycles. The molecule has 30 heavy (non-hydrogen) atoms. The Morgan fingerprint density at radius 2 is 1.47 bits per heavy atom. The zero-order chi connectivity index (χ0) is 21.9. The van der Waals surface area contributed by atoms with Crippen molar-refractivity contribution in [1.82, 2.24) is 0 Å². The smallest absolute Gasteiger partial charge is 0.264 e. The van der Waals surface area contributed by atoms with Gasteiger partial charge in [0.1, 0.15) is 6.54 Å². The van der Waals surface area contributed by atoms with Gasteiger partial charge in [-0.05, 0) is 62.6 Å². The Labute approximate surface area is 178 Å². The number of amides is 1. The number of para-hydroxylation sites is 1. The fraction of sp³-hybridized carbons (Fsp3) is 0.208. The molecule has 0 aliphatic heterocycles. The Hall–Kier alpha value is -3.12. The minimum absolute atomic E-state index is 0.143. The third kappa shape index (κ3) is 4.54. The largest absolute Gasteiger partial charge is 0.324 e. The summed E-state index contributed by atoms with van der Waals surface area (Å²) in [6, 6.07) is 19.4. The maximum atomic E-state index is 13.4. The number of aryl methyl sites for hydroxylation is 4. The highest BCUT2D eigenvalue weighted by Gasteiger charge is 2.28. The van der Waals surface area contributed by atoms with Crippen LogP contribution >= 0.6 is 0 Å². The summed E-state index contributed by atoms with van der Waals surface area (Å²) in [5.74, 6) is -0.396. The van der Waals surface area contributed by atoms with Gasteiger partial charge in [0.15, 0.2) is 0 Å². The molecule has 0 radical (unpaired) electrons. The number of hydrogen-bond acceptors (Lipinski definition) is 3. The van der Waals surface area contributed by atoms with E-state index in [9.17, 15) is 13.2 Å². The number of benzene rings is 3. The lowest BCUT2D eigenvalue weighted by atomic mass is 10.1. The van der Waals surface area contributed by atoms with Crippen molar-refractivity contribution < 1.29 is 13.2 Å². The molecule has 0 atom stereocenters. The molecule has 0 fully saturated rings. The Morgan fingerprint density at radius 1 is 0.833 bits per heavy atom. The normalized spacial score (nSPS) is 11.2. The van der Waals surface area contributed by atoms with Gasteiger partial charge in [-0.1, -0.05) is 54.1 Å². The average Bonchev–Trinajstić information content (AvgIpc) is 2.70. The van der Waals surface area contributed by atoms with E-state index in [0.717, 1.165) is 22.3 Å². The van der Waals surface area contributed by atoms with E-state index >= 15 is 0 Å². The van der Waals surface area contributed by atoms with Gasteiger partial charge in [-0.2, -0.15) is 0 Å². The molecule has 0 aliphatic carbocycles. The van der Waals surface area contributed by atoms with E-state index in [4.69, 9.17) is 0 Å². The molecule has 0 aliphatic rings. The second kappa shape index (κ2) is 8.71. The summed E-state index contributed by atoms with van der Waals surface area (Å²) < 4.78 is 28.1. The molecular formula is C24H26N2O3S. The summed E-state index contributed by atoms with van der Waals surface area (Å²) in [7, 11) is -3.92. The van der Waals surface area contributed by atoms with Crippen molar-refractivity contribution in [3.8, 4) is 0 Å². The van der Waals surface area contributed by atoms with Gasteiger partial charge in [0.25, 0.3) is 10.0 Å². The van der Waals surface area contributed by atoms with Crippen LogP contribution < -0.4 is 9.62 Å². The van der Waals surface area contributed by atoms with Gasteiger partial charge in [0, 0.05) is 5.69 Å². The zero-order valence-corrected chi connectivity index (χ0v) is 18.5. The average molecular weight is 423 g/mol. The van der Waals surface area contributed by atoms with Gasteiger partial charge < -0.3 is 5.32 Å². The first kappa shape index (κ1) is 21.6. The van der Waals surface area contributed by atoms with Crippen LogP contribution in [-0.4, -0.2) is 20.9 Å². The van der Waals surface area contributed by atoms with Gasteiger partial charge in [0.2, 0.25) is 5.91 Å². The SMILES string of the molecule is Cc1ccc(N(CC(=O)Nc2c(C)cccc2C)S(=O)(=O)c2ccccc2)c(C)c1. The number of anilines is 2. The standard InChI is InChI=1S/C24H26N2O3S/c1-17-13-14-22(20(4)15-17)26(30(28,29)21-11-6-5-7-12-21)16-23(27)25-24-18(2)9-8-10-19(24)3/h5-15H,16H2,1-4H3,(H,25,27). The fourth-order valence-electron chi connectivity index (χ4n) is 3.43. The molecule has 0 aromatic heterocycles. The second-order valence-corrected chi connectivity index (χ2v) is 9.29. The highest BCUT2D eigenvalue weighted by atomic mass is 32.2. The number of nitrogens with zero attached hydrogens (tertiary/aromatic N) is 1. The highest BCUT2D eigenvalue weighted by molar-refractivity contribution is 7.92. The van der Waals surface area contributed by atoms with Crippen LogP contribution in [0.25, 0.3) is 0 Å². The topological polar surface area (TPSA) is 66.5 Å². The van der Waals surface area contributed by atoms with Crippen molar-refractivity contribution in [1.29, 1.82) is 0 Å². The summed E-state index contributed by atoms with van der Waals surface area (Å²) in [6.45, 7) is 7.28. The van der Waals surface area contributed by atoms with Crippen molar-refractivity contribution in [3.05, 3.63) is 89.0 Å². The minimum atomic E-state index is -3.92. The Morgan fingerprint density at radius 3 is 2.07 bits per heavy atom. The molecule has 3 aromatic rings. The maximum absolute atomic E-state index is 13.4. The number of carbonyl (C=O) groups excluding carboxylic acids is 1. The van der Waals surface area contributed by atoms with E-state index in [1.54, 1.807) is 24.3 Å². The maximum Gasteiger partial charge on any atom is 0.264 e. The van der Waals surface area contributed by atoms with Crippen LogP contribution in [0.5, 0.6) is 0 Å². The van der Waals surface area contributed by atoms with Crippen molar-refractivity contribution >= 4 is 27.3 Å². The quantitative estimate of drug-likeness (QED) is 0.623. The van der Waals surface area contributed by atoms with Crippen LogP contribution in [0, 0.1) is 27.7 Å². The summed E-state index contributed by atoms with van der Waals surface area (Å²) in [5.41, 5.74) is 4.85. The molecule has 0 saturated heterocycles. The molecule has 0 bridgehead atoms. The molecule has 156 valence electrons. The van der Waals surface area contributed by atoms with Gasteiger partial charge in [-0.3, -0.25) is 9.10 Å². The highest BCUT2D eigenvalue weighted by Crippen LogP contribution is 2.28. The van der Waals surface area contributed by atoms with Gasteiger partial charge >= 0.3 is 0 Å². The lowest BCUT2D eigenvalue weighted by Gasteiger charge is -2.26. The molecular weight excluding hydrogens is 396 g/mol. The van der Waals surface area contributed by atoms with E-state index in [-0.39, 0.29) is 11.4 Å². The molecule has 0 spiro atoms. The fourth-order valence-corrected chi connectivity index (χ4v) is 4.93. The van der Waals surface area contributed by atoms with Crippen LogP contribution in [0.1, 0.15) is 22.3 Å². The summed E-state index contributed by atoms with van der Waals surface area (Å²) in [4.78, 5) is 13.1. The molecule has 1 N–H and O–H groups in total. The first-order valence-electron chi connectivity index (χ1n) is 9.71. The summed E-state index contributed by atoms with van der Waals surface area (Å²) >= 11 is 0. The van der Waals surface area contributed by atoms with E-state index < -0.39 is 15.9 Å².